The van der Waals surface area contributed by atoms with Crippen LogP contribution in [0, 0.1) is 5.82 Å². The molecule has 0 amide bonds. The number of hydrogen-bond acceptors (Lipinski definition) is 1. The van der Waals surface area contributed by atoms with Crippen LogP contribution in [0.25, 0.3) is 0 Å². The lowest BCUT2D eigenvalue weighted by molar-refractivity contribution is 0.622. The van der Waals surface area contributed by atoms with Crippen LogP contribution in [0.2, 0.25) is 0 Å². The molecule has 0 aliphatic rings. The average Bonchev–Trinajstić information content (AvgIpc) is 2.20. The average molecular weight is 291 g/mol. The van der Waals surface area contributed by atoms with E-state index in [0.29, 0.717) is 15.3 Å². The molecule has 5 heteroatoms. The van der Waals surface area contributed by atoms with Gasteiger partial charge in [-0.1, -0.05) is 6.92 Å². The molecule has 2 nitrogen and oxygen atoms in total. The molecule has 1 aromatic carbocycles. The van der Waals surface area contributed by atoms with Crippen molar-refractivity contribution in [1.82, 2.24) is 5.32 Å². The minimum Gasteiger partial charge on any atom is -0.362 e. The fourth-order valence-electron chi connectivity index (χ4n) is 0.988. The van der Waals surface area contributed by atoms with Crippen molar-refractivity contribution in [2.24, 2.45) is 0 Å². The summed E-state index contributed by atoms with van der Waals surface area (Å²) in [4.78, 5) is 0. The van der Waals surface area contributed by atoms with E-state index in [0.717, 1.165) is 13.0 Å². The van der Waals surface area contributed by atoms with Crippen LogP contribution in [-0.2, 0) is 0 Å². The van der Waals surface area contributed by atoms with Gasteiger partial charge < -0.3 is 10.6 Å². The molecule has 0 aliphatic heterocycles. The Bertz CT molecular complexity index is 357. The summed E-state index contributed by atoms with van der Waals surface area (Å²) in [5.41, 5.74) is 0.643. The summed E-state index contributed by atoms with van der Waals surface area (Å²) in [5.74, 6) is -0.307. The van der Waals surface area contributed by atoms with Gasteiger partial charge in [0.1, 0.15) is 5.82 Å². The van der Waals surface area contributed by atoms with Gasteiger partial charge in [-0.05, 0) is 52.8 Å². The molecule has 0 aromatic heterocycles. The van der Waals surface area contributed by atoms with Crippen LogP contribution >= 0.6 is 28.1 Å². The van der Waals surface area contributed by atoms with Crippen molar-refractivity contribution in [3.63, 3.8) is 0 Å². The first-order valence-electron chi connectivity index (χ1n) is 4.63. The first-order chi connectivity index (χ1) is 7.13. The lowest BCUT2D eigenvalue weighted by atomic mass is 10.3. The molecular formula is C10H12BrFN2S. The molecule has 15 heavy (non-hydrogen) atoms. The second-order valence-electron chi connectivity index (χ2n) is 3.01. The fourth-order valence-corrected chi connectivity index (χ4v) is 1.45. The Morgan fingerprint density at radius 2 is 2.27 bits per heavy atom. The zero-order valence-corrected chi connectivity index (χ0v) is 10.7. The maximum absolute atomic E-state index is 13.1. The van der Waals surface area contributed by atoms with Crippen molar-refractivity contribution in [3.05, 3.63) is 28.5 Å². The summed E-state index contributed by atoms with van der Waals surface area (Å²) in [5, 5.41) is 6.42. The zero-order chi connectivity index (χ0) is 11.3. The van der Waals surface area contributed by atoms with Crippen molar-refractivity contribution in [1.29, 1.82) is 0 Å². The van der Waals surface area contributed by atoms with E-state index in [4.69, 9.17) is 12.2 Å². The first-order valence-corrected chi connectivity index (χ1v) is 5.83. The molecule has 0 heterocycles. The van der Waals surface area contributed by atoms with E-state index in [-0.39, 0.29) is 5.82 Å². The highest BCUT2D eigenvalue weighted by molar-refractivity contribution is 9.10. The van der Waals surface area contributed by atoms with E-state index in [1.54, 1.807) is 12.1 Å². The molecule has 0 radical (unpaired) electrons. The highest BCUT2D eigenvalue weighted by Gasteiger charge is 2.01. The third-order valence-corrected chi connectivity index (χ3v) is 2.60. The second-order valence-corrected chi connectivity index (χ2v) is 4.27. The van der Waals surface area contributed by atoms with Gasteiger partial charge in [-0.3, -0.25) is 0 Å². The van der Waals surface area contributed by atoms with Crippen molar-refractivity contribution >= 4 is 38.9 Å². The smallest absolute Gasteiger partial charge is 0.170 e. The number of anilines is 1. The summed E-state index contributed by atoms with van der Waals surface area (Å²) in [7, 11) is 0. The molecule has 0 aliphatic carbocycles. The SMILES string of the molecule is CCCNC(=S)Nc1ccc(Br)c(F)c1. The lowest BCUT2D eigenvalue weighted by Crippen LogP contribution is -2.28. The Kier molecular flexibility index (Phi) is 4.98. The minimum absolute atomic E-state index is 0.307. The number of halogens is 2. The van der Waals surface area contributed by atoms with Crippen LogP contribution < -0.4 is 10.6 Å². The van der Waals surface area contributed by atoms with E-state index in [9.17, 15) is 4.39 Å². The van der Waals surface area contributed by atoms with E-state index in [2.05, 4.69) is 33.5 Å². The maximum atomic E-state index is 13.1. The molecule has 82 valence electrons. The molecule has 1 rings (SSSR count). The number of hydrogen-bond donors (Lipinski definition) is 2. The fraction of sp³-hybridized carbons (Fsp3) is 0.300. The van der Waals surface area contributed by atoms with Crippen molar-refractivity contribution in [2.45, 2.75) is 13.3 Å². The van der Waals surface area contributed by atoms with E-state index in [1.165, 1.54) is 6.07 Å². The molecule has 1 aromatic rings. The van der Waals surface area contributed by atoms with Gasteiger partial charge in [0, 0.05) is 12.2 Å². The summed E-state index contributed by atoms with van der Waals surface area (Å²) in [6.07, 6.45) is 0.997. The zero-order valence-electron chi connectivity index (χ0n) is 8.31. The number of thiocarbonyl (C=S) groups is 1. The first kappa shape index (κ1) is 12.4. The molecule has 0 fully saturated rings. The standard InChI is InChI=1S/C10H12BrFN2S/c1-2-5-13-10(15)14-7-3-4-8(11)9(12)6-7/h3-4,6H,2,5H2,1H3,(H2,13,14,15). The third kappa shape index (κ3) is 4.13. The predicted octanol–water partition coefficient (Wildman–Crippen LogP) is 3.28. The number of rotatable bonds is 3. The summed E-state index contributed by atoms with van der Waals surface area (Å²) in [6.45, 7) is 2.86. The van der Waals surface area contributed by atoms with Gasteiger partial charge in [0.25, 0.3) is 0 Å². The molecule has 0 atom stereocenters. The minimum atomic E-state index is -0.307. The van der Waals surface area contributed by atoms with Gasteiger partial charge in [0.15, 0.2) is 5.11 Å². The summed E-state index contributed by atoms with van der Waals surface area (Å²) >= 11 is 8.11. The molecule has 0 spiro atoms. The largest absolute Gasteiger partial charge is 0.362 e. The van der Waals surface area contributed by atoms with E-state index < -0.39 is 0 Å². The van der Waals surface area contributed by atoms with Gasteiger partial charge >= 0.3 is 0 Å². The Balaban J connectivity index is 2.57. The van der Waals surface area contributed by atoms with Crippen LogP contribution in [0.5, 0.6) is 0 Å². The van der Waals surface area contributed by atoms with Gasteiger partial charge in [-0.25, -0.2) is 4.39 Å². The Labute approximate surface area is 102 Å². The monoisotopic (exact) mass is 290 g/mol. The second kappa shape index (κ2) is 6.02. The highest BCUT2D eigenvalue weighted by Crippen LogP contribution is 2.19. The quantitative estimate of drug-likeness (QED) is 0.836. The molecular weight excluding hydrogens is 279 g/mol. The van der Waals surface area contributed by atoms with Gasteiger partial charge in [-0.15, -0.1) is 0 Å². The van der Waals surface area contributed by atoms with E-state index >= 15 is 0 Å². The Morgan fingerprint density at radius 1 is 1.53 bits per heavy atom. The van der Waals surface area contributed by atoms with Gasteiger partial charge in [0.2, 0.25) is 0 Å². The molecule has 0 unspecified atom stereocenters. The third-order valence-electron chi connectivity index (χ3n) is 1.71. The van der Waals surface area contributed by atoms with Crippen LogP contribution in [-0.4, -0.2) is 11.7 Å². The van der Waals surface area contributed by atoms with Gasteiger partial charge in [0.05, 0.1) is 4.47 Å². The van der Waals surface area contributed by atoms with Crippen LogP contribution in [0.1, 0.15) is 13.3 Å². The summed E-state index contributed by atoms with van der Waals surface area (Å²) in [6, 6.07) is 4.79. The normalized spacial score (nSPS) is 9.80. The molecule has 0 saturated heterocycles. The Morgan fingerprint density at radius 3 is 2.87 bits per heavy atom. The predicted molar refractivity (Wildman–Crippen MR) is 68.6 cm³/mol. The maximum Gasteiger partial charge on any atom is 0.170 e. The molecule has 0 saturated carbocycles. The van der Waals surface area contributed by atoms with Crippen LogP contribution in [0.3, 0.4) is 0 Å². The lowest BCUT2D eigenvalue weighted by Gasteiger charge is -2.09. The van der Waals surface area contributed by atoms with Crippen LogP contribution in [0.15, 0.2) is 22.7 Å². The number of benzene rings is 1. The van der Waals surface area contributed by atoms with Crippen LogP contribution in [0.4, 0.5) is 10.1 Å². The number of nitrogens with one attached hydrogen (secondary N) is 2. The van der Waals surface area contributed by atoms with Gasteiger partial charge in [-0.2, -0.15) is 0 Å². The van der Waals surface area contributed by atoms with Crippen molar-refractivity contribution in [3.8, 4) is 0 Å². The van der Waals surface area contributed by atoms with E-state index in [1.807, 2.05) is 0 Å². The van der Waals surface area contributed by atoms with Crippen molar-refractivity contribution < 1.29 is 4.39 Å². The summed E-state index contributed by atoms with van der Waals surface area (Å²) < 4.78 is 13.6. The Hall–Kier alpha value is -0.680. The highest BCUT2D eigenvalue weighted by atomic mass is 79.9. The topological polar surface area (TPSA) is 24.1 Å². The molecule has 2 N–H and O–H groups in total. The molecule has 0 bridgehead atoms. The van der Waals surface area contributed by atoms with Crippen molar-refractivity contribution in [2.75, 3.05) is 11.9 Å².